The number of ether oxygens (including phenoxy) is 1. The molecule has 0 unspecified atom stereocenters. The Morgan fingerprint density at radius 1 is 1.60 bits per heavy atom. The second-order valence-electron chi connectivity index (χ2n) is 4.80. The van der Waals surface area contributed by atoms with Crippen LogP contribution in [-0.4, -0.2) is 42.3 Å². The van der Waals surface area contributed by atoms with E-state index in [0.717, 1.165) is 28.6 Å². The summed E-state index contributed by atoms with van der Waals surface area (Å²) in [6.45, 7) is 1.20. The van der Waals surface area contributed by atoms with Gasteiger partial charge in [-0.25, -0.2) is 4.79 Å². The standard InChI is InChI=1S/C14H19BrN2O3/c1-20-13-5-4-10(7-12(13)15)8-16-14(19)17-6-2-3-11(17)9-18/h4-5,7,11,18H,2-3,6,8-9H2,1H3,(H,16,19)/t11-/m0/s1. The Bertz CT molecular complexity index is 481. The summed E-state index contributed by atoms with van der Waals surface area (Å²) in [7, 11) is 1.62. The molecular weight excluding hydrogens is 324 g/mol. The molecule has 1 fully saturated rings. The van der Waals surface area contributed by atoms with Crippen LogP contribution in [0.5, 0.6) is 5.75 Å². The van der Waals surface area contributed by atoms with Crippen molar-refractivity contribution in [2.24, 2.45) is 0 Å². The second-order valence-corrected chi connectivity index (χ2v) is 5.65. The predicted molar refractivity (Wildman–Crippen MR) is 79.7 cm³/mol. The summed E-state index contributed by atoms with van der Waals surface area (Å²) in [6, 6.07) is 5.54. The van der Waals surface area contributed by atoms with Gasteiger partial charge in [-0.15, -0.1) is 0 Å². The van der Waals surface area contributed by atoms with Crippen LogP contribution in [-0.2, 0) is 6.54 Å². The number of carbonyl (C=O) groups is 1. The van der Waals surface area contributed by atoms with Gasteiger partial charge >= 0.3 is 6.03 Å². The molecule has 2 rings (SSSR count). The maximum atomic E-state index is 12.1. The van der Waals surface area contributed by atoms with Crippen LogP contribution in [0.4, 0.5) is 4.79 Å². The summed E-state index contributed by atoms with van der Waals surface area (Å²) in [4.78, 5) is 13.8. The number of hydrogen-bond acceptors (Lipinski definition) is 3. The van der Waals surface area contributed by atoms with Crippen molar-refractivity contribution in [3.63, 3.8) is 0 Å². The molecular formula is C14H19BrN2O3. The number of carbonyl (C=O) groups excluding carboxylic acids is 1. The van der Waals surface area contributed by atoms with E-state index in [2.05, 4.69) is 21.2 Å². The molecule has 1 aliphatic rings. The number of aliphatic hydroxyl groups excluding tert-OH is 1. The summed E-state index contributed by atoms with van der Waals surface area (Å²) in [5.41, 5.74) is 0.991. The van der Waals surface area contributed by atoms with Gasteiger partial charge in [-0.2, -0.15) is 0 Å². The third-order valence-corrected chi connectivity index (χ3v) is 4.13. The van der Waals surface area contributed by atoms with Gasteiger partial charge in [0, 0.05) is 13.1 Å². The van der Waals surface area contributed by atoms with E-state index in [1.54, 1.807) is 12.0 Å². The SMILES string of the molecule is COc1ccc(CNC(=O)N2CCC[C@H]2CO)cc1Br. The van der Waals surface area contributed by atoms with Crippen LogP contribution in [0.2, 0.25) is 0 Å². The quantitative estimate of drug-likeness (QED) is 0.880. The minimum atomic E-state index is -0.117. The number of hydrogen-bond donors (Lipinski definition) is 2. The molecule has 20 heavy (non-hydrogen) atoms. The summed E-state index contributed by atoms with van der Waals surface area (Å²) in [6.07, 6.45) is 1.82. The average Bonchev–Trinajstić information content (AvgIpc) is 2.93. The molecule has 0 spiro atoms. The molecule has 1 atom stereocenters. The van der Waals surface area contributed by atoms with E-state index >= 15 is 0 Å². The van der Waals surface area contributed by atoms with Crippen molar-refractivity contribution < 1.29 is 14.6 Å². The lowest BCUT2D eigenvalue weighted by Gasteiger charge is -2.23. The molecule has 0 aliphatic carbocycles. The largest absolute Gasteiger partial charge is 0.496 e. The van der Waals surface area contributed by atoms with Gasteiger partial charge in [-0.1, -0.05) is 6.07 Å². The smallest absolute Gasteiger partial charge is 0.317 e. The number of aliphatic hydroxyl groups is 1. The first kappa shape index (κ1) is 15.1. The van der Waals surface area contributed by atoms with Gasteiger partial charge in [0.15, 0.2) is 0 Å². The van der Waals surface area contributed by atoms with E-state index in [0.29, 0.717) is 13.1 Å². The van der Waals surface area contributed by atoms with Gasteiger partial charge in [-0.3, -0.25) is 0 Å². The number of amides is 2. The highest BCUT2D eigenvalue weighted by Crippen LogP contribution is 2.25. The topological polar surface area (TPSA) is 61.8 Å². The van der Waals surface area contributed by atoms with Crippen LogP contribution in [0.25, 0.3) is 0 Å². The highest BCUT2D eigenvalue weighted by Gasteiger charge is 2.27. The van der Waals surface area contributed by atoms with Crippen molar-refractivity contribution in [3.8, 4) is 5.75 Å². The van der Waals surface area contributed by atoms with Crippen molar-refractivity contribution in [3.05, 3.63) is 28.2 Å². The Hall–Kier alpha value is -1.27. The van der Waals surface area contributed by atoms with Crippen molar-refractivity contribution in [2.45, 2.75) is 25.4 Å². The van der Waals surface area contributed by atoms with E-state index in [9.17, 15) is 9.90 Å². The van der Waals surface area contributed by atoms with E-state index in [4.69, 9.17) is 4.74 Å². The zero-order valence-electron chi connectivity index (χ0n) is 11.4. The number of likely N-dealkylation sites (tertiary alicyclic amines) is 1. The van der Waals surface area contributed by atoms with Gasteiger partial charge in [0.2, 0.25) is 0 Å². The molecule has 5 nitrogen and oxygen atoms in total. The van der Waals surface area contributed by atoms with Gasteiger partial charge < -0.3 is 20.1 Å². The molecule has 110 valence electrons. The van der Waals surface area contributed by atoms with E-state index < -0.39 is 0 Å². The molecule has 1 aromatic rings. The van der Waals surface area contributed by atoms with Crippen LogP contribution in [0.15, 0.2) is 22.7 Å². The second kappa shape index (κ2) is 6.95. The van der Waals surface area contributed by atoms with Crippen molar-refractivity contribution >= 4 is 22.0 Å². The van der Waals surface area contributed by atoms with Gasteiger partial charge in [0.25, 0.3) is 0 Å². The number of nitrogens with zero attached hydrogens (tertiary/aromatic N) is 1. The molecule has 0 radical (unpaired) electrons. The number of halogens is 1. The van der Waals surface area contributed by atoms with Crippen LogP contribution < -0.4 is 10.1 Å². The molecule has 1 saturated heterocycles. The molecule has 2 amide bonds. The van der Waals surface area contributed by atoms with Crippen LogP contribution in [0.1, 0.15) is 18.4 Å². The van der Waals surface area contributed by atoms with E-state index in [1.165, 1.54) is 0 Å². The summed E-state index contributed by atoms with van der Waals surface area (Å²) >= 11 is 3.42. The molecule has 1 aliphatic heterocycles. The first-order valence-electron chi connectivity index (χ1n) is 6.63. The van der Waals surface area contributed by atoms with E-state index in [-0.39, 0.29) is 18.7 Å². The Labute approximate surface area is 127 Å². The minimum absolute atomic E-state index is 0.0293. The molecule has 6 heteroatoms. The Balaban J connectivity index is 1.91. The monoisotopic (exact) mass is 342 g/mol. The third-order valence-electron chi connectivity index (χ3n) is 3.51. The zero-order chi connectivity index (χ0) is 14.5. The highest BCUT2D eigenvalue weighted by molar-refractivity contribution is 9.10. The summed E-state index contributed by atoms with van der Waals surface area (Å²) < 4.78 is 6.03. The Kier molecular flexibility index (Phi) is 5.25. The lowest BCUT2D eigenvalue weighted by molar-refractivity contribution is 0.157. The Morgan fingerprint density at radius 3 is 3.05 bits per heavy atom. The summed E-state index contributed by atoms with van der Waals surface area (Å²) in [5.74, 6) is 0.764. The lowest BCUT2D eigenvalue weighted by Crippen LogP contribution is -2.43. The number of urea groups is 1. The van der Waals surface area contributed by atoms with Gasteiger partial charge in [-0.05, 0) is 46.5 Å². The maximum Gasteiger partial charge on any atom is 0.317 e. The molecule has 1 aromatic carbocycles. The molecule has 2 N–H and O–H groups in total. The third kappa shape index (κ3) is 3.43. The Morgan fingerprint density at radius 2 is 2.40 bits per heavy atom. The normalized spacial score (nSPS) is 18.1. The van der Waals surface area contributed by atoms with Crippen molar-refractivity contribution in [1.82, 2.24) is 10.2 Å². The molecule has 0 bridgehead atoms. The minimum Gasteiger partial charge on any atom is -0.496 e. The van der Waals surface area contributed by atoms with Crippen LogP contribution in [0, 0.1) is 0 Å². The van der Waals surface area contributed by atoms with Gasteiger partial charge in [0.05, 0.1) is 24.2 Å². The zero-order valence-corrected chi connectivity index (χ0v) is 13.0. The molecule has 1 heterocycles. The fraction of sp³-hybridized carbons (Fsp3) is 0.500. The predicted octanol–water partition coefficient (Wildman–Crippen LogP) is 2.12. The average molecular weight is 343 g/mol. The van der Waals surface area contributed by atoms with Crippen molar-refractivity contribution in [2.75, 3.05) is 20.3 Å². The fourth-order valence-electron chi connectivity index (χ4n) is 2.39. The van der Waals surface area contributed by atoms with Crippen LogP contribution >= 0.6 is 15.9 Å². The van der Waals surface area contributed by atoms with Gasteiger partial charge in [0.1, 0.15) is 5.75 Å². The fourth-order valence-corrected chi connectivity index (χ4v) is 2.98. The molecule has 0 aromatic heterocycles. The first-order valence-corrected chi connectivity index (χ1v) is 7.42. The molecule has 0 saturated carbocycles. The van der Waals surface area contributed by atoms with Crippen LogP contribution in [0.3, 0.4) is 0 Å². The number of rotatable bonds is 4. The lowest BCUT2D eigenvalue weighted by atomic mass is 10.2. The number of methoxy groups -OCH3 is 1. The van der Waals surface area contributed by atoms with E-state index in [1.807, 2.05) is 18.2 Å². The highest BCUT2D eigenvalue weighted by atomic mass is 79.9. The summed E-state index contributed by atoms with van der Waals surface area (Å²) in [5, 5.41) is 12.1. The van der Waals surface area contributed by atoms with Crippen molar-refractivity contribution in [1.29, 1.82) is 0 Å². The maximum absolute atomic E-state index is 12.1. The number of benzene rings is 1. The first-order chi connectivity index (χ1) is 9.65. The number of nitrogens with one attached hydrogen (secondary N) is 1.